The lowest BCUT2D eigenvalue weighted by atomic mass is 9.87. The third-order valence-corrected chi connectivity index (χ3v) is 3.98. The van der Waals surface area contributed by atoms with Crippen molar-refractivity contribution in [1.29, 1.82) is 0 Å². The highest BCUT2D eigenvalue weighted by Crippen LogP contribution is 2.34. The van der Waals surface area contributed by atoms with Crippen LogP contribution in [0.15, 0.2) is 0 Å². The second kappa shape index (κ2) is 5.09. The molecule has 2 rings (SSSR count). The molecule has 4 atom stereocenters. The maximum atomic E-state index is 12.2. The Hall–Kier alpha value is -0.750. The smallest absolute Gasteiger partial charge is 0.345 e. The minimum absolute atomic E-state index is 0.00605. The molecule has 1 amide bonds. The molecule has 18 heavy (non-hydrogen) atoms. The van der Waals surface area contributed by atoms with Crippen molar-refractivity contribution in [1.82, 2.24) is 4.90 Å². The number of likely N-dealkylation sites (tertiary alicyclic amines) is 1. The number of amides is 1. The van der Waals surface area contributed by atoms with Crippen molar-refractivity contribution in [3.8, 4) is 0 Å². The second-order valence-electron chi connectivity index (χ2n) is 5.19. The van der Waals surface area contributed by atoms with E-state index in [1.54, 1.807) is 4.90 Å². The van der Waals surface area contributed by atoms with E-state index in [0.29, 0.717) is 0 Å². The molecule has 0 aliphatic carbocycles. The summed E-state index contributed by atoms with van der Waals surface area (Å²) in [7, 11) is 0. The minimum atomic E-state index is -2.76. The van der Waals surface area contributed by atoms with Gasteiger partial charge in [0.15, 0.2) is 0 Å². The predicted molar refractivity (Wildman–Crippen MR) is 60.1 cm³/mol. The molecular formula is C12H19F2NO3. The van der Waals surface area contributed by atoms with Gasteiger partial charge in [0.2, 0.25) is 5.91 Å². The van der Waals surface area contributed by atoms with E-state index in [1.807, 2.05) is 20.8 Å². The van der Waals surface area contributed by atoms with Gasteiger partial charge < -0.3 is 14.4 Å². The number of carbonyl (C=O) groups is 1. The number of nitrogens with zero attached hydrogens (tertiary/aromatic N) is 1. The lowest BCUT2D eigenvalue weighted by molar-refractivity contribution is -0.201. The fraction of sp³-hybridized carbons (Fsp3) is 0.917. The van der Waals surface area contributed by atoms with E-state index in [2.05, 4.69) is 4.74 Å². The molecule has 2 aliphatic rings. The van der Waals surface area contributed by atoms with E-state index in [0.717, 1.165) is 0 Å². The molecule has 0 aromatic rings. The number of carbonyl (C=O) groups excluding carboxylic acids is 1. The Bertz CT molecular complexity index is 320. The van der Waals surface area contributed by atoms with Crippen LogP contribution in [0.1, 0.15) is 20.8 Å². The molecule has 2 heterocycles. The van der Waals surface area contributed by atoms with E-state index in [1.165, 1.54) is 0 Å². The SMILES string of the molecule is CC1OC(C)C(C(=O)N2CC(OC(F)F)C2)C1C. The number of hydrogen-bond acceptors (Lipinski definition) is 3. The van der Waals surface area contributed by atoms with Crippen LogP contribution in [0.2, 0.25) is 0 Å². The number of alkyl halides is 2. The third-order valence-electron chi connectivity index (χ3n) is 3.98. The zero-order valence-electron chi connectivity index (χ0n) is 10.8. The van der Waals surface area contributed by atoms with Crippen molar-refractivity contribution in [2.45, 2.75) is 45.7 Å². The van der Waals surface area contributed by atoms with E-state index < -0.39 is 12.7 Å². The van der Waals surface area contributed by atoms with Crippen molar-refractivity contribution in [2.75, 3.05) is 13.1 Å². The highest BCUT2D eigenvalue weighted by atomic mass is 19.3. The summed E-state index contributed by atoms with van der Waals surface area (Å²) in [5.41, 5.74) is 0. The van der Waals surface area contributed by atoms with Crippen LogP contribution in [0, 0.1) is 11.8 Å². The van der Waals surface area contributed by atoms with Gasteiger partial charge in [-0.15, -0.1) is 0 Å². The quantitative estimate of drug-likeness (QED) is 0.774. The van der Waals surface area contributed by atoms with Crippen LogP contribution >= 0.6 is 0 Å². The molecule has 0 spiro atoms. The second-order valence-corrected chi connectivity index (χ2v) is 5.19. The Balaban J connectivity index is 1.86. The summed E-state index contributed by atoms with van der Waals surface area (Å²) < 4.78 is 33.9. The molecule has 0 aromatic carbocycles. The van der Waals surface area contributed by atoms with Crippen molar-refractivity contribution in [3.63, 3.8) is 0 Å². The number of hydrogen-bond donors (Lipinski definition) is 0. The summed E-state index contributed by atoms with van der Waals surface area (Å²) in [6.45, 7) is 3.58. The standard InChI is InChI=1S/C12H19F2NO3/c1-6-7(2)17-8(3)10(6)11(16)15-4-9(5-15)18-12(13)14/h6-10,12H,4-5H2,1-3H3. The topological polar surface area (TPSA) is 38.8 Å². The maximum absolute atomic E-state index is 12.2. The van der Waals surface area contributed by atoms with Crippen LogP contribution in [0.3, 0.4) is 0 Å². The normalized spacial score (nSPS) is 37.1. The molecule has 0 aromatic heterocycles. The lowest BCUT2D eigenvalue weighted by Crippen LogP contribution is -2.58. The summed E-state index contributed by atoms with van der Waals surface area (Å²) in [6, 6.07) is 0. The zero-order valence-corrected chi connectivity index (χ0v) is 10.8. The fourth-order valence-corrected chi connectivity index (χ4v) is 2.75. The Morgan fingerprint density at radius 3 is 2.33 bits per heavy atom. The average Bonchev–Trinajstić information content (AvgIpc) is 2.45. The van der Waals surface area contributed by atoms with Gasteiger partial charge in [-0.3, -0.25) is 4.79 Å². The summed E-state index contributed by atoms with van der Waals surface area (Å²) in [5.74, 6) is -0.0245. The van der Waals surface area contributed by atoms with Gasteiger partial charge in [-0.1, -0.05) is 6.92 Å². The van der Waals surface area contributed by atoms with Crippen molar-refractivity contribution < 1.29 is 23.0 Å². The van der Waals surface area contributed by atoms with Gasteiger partial charge in [-0.25, -0.2) is 0 Å². The van der Waals surface area contributed by atoms with E-state index in [4.69, 9.17) is 4.74 Å². The first-order valence-corrected chi connectivity index (χ1v) is 6.28. The Morgan fingerprint density at radius 2 is 1.89 bits per heavy atom. The van der Waals surface area contributed by atoms with Gasteiger partial charge in [-0.05, 0) is 19.8 Å². The van der Waals surface area contributed by atoms with Crippen LogP contribution in [-0.2, 0) is 14.3 Å². The Labute approximate surface area is 105 Å². The van der Waals surface area contributed by atoms with Gasteiger partial charge in [-0.2, -0.15) is 8.78 Å². The molecule has 0 bridgehead atoms. The van der Waals surface area contributed by atoms with Gasteiger partial charge in [0.1, 0.15) is 0 Å². The molecule has 4 unspecified atom stereocenters. The van der Waals surface area contributed by atoms with E-state index >= 15 is 0 Å². The van der Waals surface area contributed by atoms with Gasteiger partial charge in [0.05, 0.1) is 24.2 Å². The van der Waals surface area contributed by atoms with Crippen molar-refractivity contribution >= 4 is 5.91 Å². The molecule has 0 N–H and O–H groups in total. The molecule has 2 fully saturated rings. The summed E-state index contributed by atoms with van der Waals surface area (Å²) in [5, 5.41) is 0. The zero-order chi connectivity index (χ0) is 13.4. The molecule has 0 saturated carbocycles. The first-order chi connectivity index (χ1) is 8.40. The Kier molecular flexibility index (Phi) is 3.87. The van der Waals surface area contributed by atoms with Crippen LogP contribution < -0.4 is 0 Å². The van der Waals surface area contributed by atoms with E-state index in [9.17, 15) is 13.6 Å². The largest absolute Gasteiger partial charge is 0.374 e. The van der Waals surface area contributed by atoms with Crippen molar-refractivity contribution in [2.24, 2.45) is 11.8 Å². The van der Waals surface area contributed by atoms with Gasteiger partial charge in [0.25, 0.3) is 0 Å². The number of halogens is 2. The number of ether oxygens (including phenoxy) is 2. The molecular weight excluding hydrogens is 244 g/mol. The predicted octanol–water partition coefficient (Wildman–Crippen LogP) is 1.50. The highest BCUT2D eigenvalue weighted by molar-refractivity contribution is 5.81. The minimum Gasteiger partial charge on any atom is -0.374 e. The lowest BCUT2D eigenvalue weighted by Gasteiger charge is -2.40. The molecule has 104 valence electrons. The van der Waals surface area contributed by atoms with Gasteiger partial charge in [0, 0.05) is 13.1 Å². The third kappa shape index (κ3) is 2.49. The van der Waals surface area contributed by atoms with Crippen LogP contribution in [0.25, 0.3) is 0 Å². The molecule has 4 nitrogen and oxygen atoms in total. The monoisotopic (exact) mass is 263 g/mol. The molecule has 0 radical (unpaired) electrons. The summed E-state index contributed by atoms with van der Waals surface area (Å²) >= 11 is 0. The van der Waals surface area contributed by atoms with Crippen LogP contribution in [0.4, 0.5) is 8.78 Å². The van der Waals surface area contributed by atoms with Crippen molar-refractivity contribution in [3.05, 3.63) is 0 Å². The summed E-state index contributed by atoms with van der Waals surface area (Å²) in [6.07, 6.45) is -0.583. The highest BCUT2D eigenvalue weighted by Gasteiger charge is 2.46. The first kappa shape index (κ1) is 13.7. The first-order valence-electron chi connectivity index (χ1n) is 6.28. The summed E-state index contributed by atoms with van der Waals surface area (Å²) in [4.78, 5) is 13.8. The van der Waals surface area contributed by atoms with Gasteiger partial charge >= 0.3 is 6.61 Å². The molecule has 2 aliphatic heterocycles. The average molecular weight is 263 g/mol. The fourth-order valence-electron chi connectivity index (χ4n) is 2.75. The van der Waals surface area contributed by atoms with E-state index in [-0.39, 0.29) is 43.0 Å². The number of rotatable bonds is 3. The molecule has 6 heteroatoms. The maximum Gasteiger partial charge on any atom is 0.345 e. The van der Waals surface area contributed by atoms with Crippen LogP contribution in [-0.4, -0.2) is 48.8 Å². The Morgan fingerprint density at radius 1 is 1.28 bits per heavy atom. The molecule has 2 saturated heterocycles. The van der Waals surface area contributed by atoms with Crippen LogP contribution in [0.5, 0.6) is 0 Å².